The number of ether oxygens (including phenoxy) is 2. The Morgan fingerprint density at radius 3 is 2.20 bits per heavy atom. The van der Waals surface area contributed by atoms with E-state index in [1.54, 1.807) is 0 Å². The zero-order chi connectivity index (χ0) is 25.0. The van der Waals surface area contributed by atoms with Crippen LogP contribution in [0, 0.1) is 11.8 Å². The van der Waals surface area contributed by atoms with Crippen LogP contribution >= 0.6 is 0 Å². The number of likely N-dealkylation sites (tertiary alicyclic amines) is 1. The normalized spacial score (nSPS) is 22.6. The van der Waals surface area contributed by atoms with Crippen molar-refractivity contribution in [2.45, 2.75) is 70.6 Å². The van der Waals surface area contributed by atoms with E-state index in [0.29, 0.717) is 31.4 Å². The number of carbonyl (C=O) groups is 2. The van der Waals surface area contributed by atoms with Gasteiger partial charge in [0.2, 0.25) is 11.7 Å². The van der Waals surface area contributed by atoms with Gasteiger partial charge in [0.15, 0.2) is 0 Å². The van der Waals surface area contributed by atoms with Gasteiger partial charge in [-0.15, -0.1) is 0 Å². The first-order valence-corrected chi connectivity index (χ1v) is 12.2. The van der Waals surface area contributed by atoms with E-state index in [4.69, 9.17) is 24.2 Å². The third-order valence-corrected chi connectivity index (χ3v) is 7.29. The average Bonchev–Trinajstić information content (AvgIpc) is 3.31. The molecule has 10 nitrogen and oxygen atoms in total. The Balaban J connectivity index is 1.32. The Morgan fingerprint density at radius 1 is 1.06 bits per heavy atom. The van der Waals surface area contributed by atoms with Crippen LogP contribution in [-0.4, -0.2) is 56.4 Å². The molecule has 2 N–H and O–H groups in total. The van der Waals surface area contributed by atoms with E-state index < -0.39 is 18.1 Å². The van der Waals surface area contributed by atoms with Gasteiger partial charge < -0.3 is 24.2 Å². The smallest absolute Gasteiger partial charge is 0.450 e. The van der Waals surface area contributed by atoms with E-state index in [1.165, 1.54) is 12.8 Å². The summed E-state index contributed by atoms with van der Waals surface area (Å²) in [5.41, 5.74) is 1.96. The molecule has 0 atom stereocenters. The lowest BCUT2D eigenvalue weighted by molar-refractivity contribution is -0.205. The highest BCUT2D eigenvalue weighted by Crippen LogP contribution is 2.38. The SMILES string of the molecule is CC(C)C1CCC(c2nc(-c3ccc(CN4CCC(OC(=O)O)(OC(=O)O)CC4)cc3)no2)CC1. The van der Waals surface area contributed by atoms with Crippen LogP contribution in [0.25, 0.3) is 11.4 Å². The highest BCUT2D eigenvalue weighted by Gasteiger charge is 2.42. The molecular weight excluding hydrogens is 454 g/mol. The van der Waals surface area contributed by atoms with Gasteiger partial charge in [0, 0.05) is 44.0 Å². The zero-order valence-electron chi connectivity index (χ0n) is 20.2. The van der Waals surface area contributed by atoms with E-state index in [0.717, 1.165) is 41.7 Å². The number of piperidine rings is 1. The van der Waals surface area contributed by atoms with Crippen molar-refractivity contribution in [2.75, 3.05) is 13.1 Å². The Bertz CT molecular complexity index is 986. The minimum absolute atomic E-state index is 0.133. The summed E-state index contributed by atoms with van der Waals surface area (Å²) >= 11 is 0. The zero-order valence-corrected chi connectivity index (χ0v) is 20.2. The number of nitrogens with zero attached hydrogens (tertiary/aromatic N) is 3. The fourth-order valence-electron chi connectivity index (χ4n) is 5.16. The van der Waals surface area contributed by atoms with Crippen molar-refractivity contribution in [3.8, 4) is 11.4 Å². The molecular formula is C25H33N3O7. The topological polar surface area (TPSA) is 135 Å². The second-order valence-electron chi connectivity index (χ2n) is 9.93. The number of benzene rings is 1. The van der Waals surface area contributed by atoms with Gasteiger partial charge in [-0.2, -0.15) is 4.98 Å². The molecule has 0 unspecified atom stereocenters. The first kappa shape index (κ1) is 25.0. The fourth-order valence-corrected chi connectivity index (χ4v) is 5.16. The van der Waals surface area contributed by atoms with Crippen LogP contribution in [-0.2, 0) is 16.0 Å². The maximum Gasteiger partial charge on any atom is 0.509 e. The lowest BCUT2D eigenvalue weighted by Crippen LogP contribution is -2.49. The van der Waals surface area contributed by atoms with Crippen molar-refractivity contribution in [1.29, 1.82) is 0 Å². The van der Waals surface area contributed by atoms with Crippen molar-refractivity contribution in [3.05, 3.63) is 35.7 Å². The molecule has 2 heterocycles. The van der Waals surface area contributed by atoms with Crippen molar-refractivity contribution in [2.24, 2.45) is 11.8 Å². The minimum Gasteiger partial charge on any atom is -0.450 e. The Morgan fingerprint density at radius 2 is 1.66 bits per heavy atom. The van der Waals surface area contributed by atoms with Crippen molar-refractivity contribution in [3.63, 3.8) is 0 Å². The maximum absolute atomic E-state index is 11.0. The summed E-state index contributed by atoms with van der Waals surface area (Å²) in [4.78, 5) is 28.7. The third kappa shape index (κ3) is 6.30. The van der Waals surface area contributed by atoms with Crippen molar-refractivity contribution < 1.29 is 33.8 Å². The molecule has 1 aromatic heterocycles. The second kappa shape index (κ2) is 10.6. The Kier molecular flexibility index (Phi) is 7.59. The van der Waals surface area contributed by atoms with Crippen LogP contribution in [0.3, 0.4) is 0 Å². The maximum atomic E-state index is 11.0. The molecule has 1 saturated heterocycles. The Hall–Kier alpha value is -3.14. The molecule has 4 rings (SSSR count). The monoisotopic (exact) mass is 487 g/mol. The van der Waals surface area contributed by atoms with Crippen LogP contribution in [0.15, 0.2) is 28.8 Å². The van der Waals surface area contributed by atoms with E-state index >= 15 is 0 Å². The van der Waals surface area contributed by atoms with Gasteiger partial charge in [-0.3, -0.25) is 4.90 Å². The molecule has 35 heavy (non-hydrogen) atoms. The summed E-state index contributed by atoms with van der Waals surface area (Å²) in [6.07, 6.45) is 1.76. The van der Waals surface area contributed by atoms with Crippen LogP contribution in [0.2, 0.25) is 0 Å². The molecule has 0 bridgehead atoms. The number of rotatable bonds is 7. The molecule has 0 spiro atoms. The summed E-state index contributed by atoms with van der Waals surface area (Å²) in [5, 5.41) is 22.1. The molecule has 1 saturated carbocycles. The third-order valence-electron chi connectivity index (χ3n) is 7.29. The molecule has 2 aliphatic rings. The predicted molar refractivity (Wildman–Crippen MR) is 125 cm³/mol. The van der Waals surface area contributed by atoms with Gasteiger partial charge in [-0.25, -0.2) is 9.59 Å². The van der Waals surface area contributed by atoms with Crippen LogP contribution in [0.1, 0.15) is 69.7 Å². The van der Waals surface area contributed by atoms with Gasteiger partial charge >= 0.3 is 12.3 Å². The molecule has 1 aromatic carbocycles. The molecule has 0 amide bonds. The van der Waals surface area contributed by atoms with Crippen LogP contribution in [0.4, 0.5) is 9.59 Å². The number of carboxylic acid groups (broad SMARTS) is 2. The van der Waals surface area contributed by atoms with Gasteiger partial charge in [0.25, 0.3) is 5.79 Å². The lowest BCUT2D eigenvalue weighted by atomic mass is 9.77. The predicted octanol–water partition coefficient (Wildman–Crippen LogP) is 5.35. The van der Waals surface area contributed by atoms with Crippen LogP contribution < -0.4 is 0 Å². The number of aromatic nitrogens is 2. The second-order valence-corrected chi connectivity index (χ2v) is 9.93. The number of hydrogen-bond donors (Lipinski definition) is 2. The molecule has 1 aliphatic carbocycles. The van der Waals surface area contributed by atoms with E-state index in [9.17, 15) is 9.59 Å². The largest absolute Gasteiger partial charge is 0.509 e. The molecule has 2 aromatic rings. The highest BCUT2D eigenvalue weighted by molar-refractivity contribution is 5.60. The first-order chi connectivity index (χ1) is 16.7. The summed E-state index contributed by atoms with van der Waals surface area (Å²) in [7, 11) is 0. The lowest BCUT2D eigenvalue weighted by Gasteiger charge is -2.38. The quantitative estimate of drug-likeness (QED) is 0.389. The summed E-state index contributed by atoms with van der Waals surface area (Å²) in [5.74, 6) is 1.52. The standard InChI is InChI=1S/C25H33N3O7/c1-16(2)18-7-9-20(10-8-18)22-26-21(27-35-22)19-5-3-17(4-6-19)15-28-13-11-25(12-14-28,33-23(29)30)34-24(31)32/h3-6,16,18,20H,7-15H2,1-2H3,(H,29,30)(H,31,32). The van der Waals surface area contributed by atoms with E-state index in [2.05, 4.69) is 28.9 Å². The fraction of sp³-hybridized carbons (Fsp3) is 0.600. The van der Waals surface area contributed by atoms with Crippen molar-refractivity contribution >= 4 is 12.3 Å². The summed E-state index contributed by atoms with van der Waals surface area (Å²) in [6.45, 7) is 6.09. The van der Waals surface area contributed by atoms with Gasteiger partial charge in [0.05, 0.1) is 0 Å². The van der Waals surface area contributed by atoms with Gasteiger partial charge in [-0.05, 0) is 43.1 Å². The highest BCUT2D eigenvalue weighted by atomic mass is 16.8. The van der Waals surface area contributed by atoms with Crippen LogP contribution in [0.5, 0.6) is 0 Å². The summed E-state index contributed by atoms with van der Waals surface area (Å²) in [6, 6.07) is 7.94. The molecule has 10 heteroatoms. The van der Waals surface area contributed by atoms with Gasteiger partial charge in [0.1, 0.15) is 0 Å². The van der Waals surface area contributed by atoms with E-state index in [-0.39, 0.29) is 12.8 Å². The average molecular weight is 488 g/mol. The molecule has 1 aliphatic heterocycles. The molecule has 2 fully saturated rings. The summed E-state index contributed by atoms with van der Waals surface area (Å²) < 4.78 is 15.2. The van der Waals surface area contributed by atoms with Gasteiger partial charge in [-0.1, -0.05) is 43.3 Å². The van der Waals surface area contributed by atoms with E-state index in [1.807, 2.05) is 24.3 Å². The molecule has 190 valence electrons. The minimum atomic E-state index is -1.65. The Labute approximate surface area is 204 Å². The number of hydrogen-bond acceptors (Lipinski definition) is 8. The first-order valence-electron chi connectivity index (χ1n) is 12.2. The van der Waals surface area contributed by atoms with Crippen molar-refractivity contribution in [1.82, 2.24) is 15.0 Å². The molecule has 0 radical (unpaired) electrons.